The second-order valence-electron chi connectivity index (χ2n) is 8.47. The van der Waals surface area contributed by atoms with Crippen molar-refractivity contribution < 1.29 is 36.5 Å². The average Bonchev–Trinajstić information content (AvgIpc) is 2.64. The third-order valence-corrected chi connectivity index (χ3v) is 4.88. The predicted molar refractivity (Wildman–Crippen MR) is 110 cm³/mol. The lowest BCUT2D eigenvalue weighted by Crippen LogP contribution is -2.71. The number of hydrogen-bond donors (Lipinski definition) is 1. The third kappa shape index (κ3) is 6.62. The van der Waals surface area contributed by atoms with E-state index < -0.39 is 48.5 Å². The van der Waals surface area contributed by atoms with Crippen molar-refractivity contribution in [3.05, 3.63) is 35.9 Å². The lowest BCUT2D eigenvalue weighted by Gasteiger charge is -2.47. The highest BCUT2D eigenvalue weighted by molar-refractivity contribution is 5.21. The summed E-state index contributed by atoms with van der Waals surface area (Å²) in [6, 6.07) is 7.13. The lowest BCUT2D eigenvalue weighted by molar-refractivity contribution is -0.469. The molecule has 0 aliphatic carbocycles. The highest BCUT2D eigenvalue weighted by Crippen LogP contribution is 2.54. The number of rotatable bonds is 14. The molecule has 0 saturated heterocycles. The SMILES string of the molecule is CCCCCCC(F)(F)C(F)(F)C(F)(Cc1ccccc1)C(O)(OC(C)C)OC(C)C. The van der Waals surface area contributed by atoms with Crippen molar-refractivity contribution in [2.24, 2.45) is 0 Å². The van der Waals surface area contributed by atoms with E-state index in [0.717, 1.165) is 6.42 Å². The first-order valence-electron chi connectivity index (χ1n) is 10.8. The monoisotopic (exact) mass is 454 g/mol. The van der Waals surface area contributed by atoms with Gasteiger partial charge in [0.05, 0.1) is 12.2 Å². The Labute approximate surface area is 181 Å². The molecule has 0 aliphatic heterocycles. The summed E-state index contributed by atoms with van der Waals surface area (Å²) in [7, 11) is 0. The van der Waals surface area contributed by atoms with Gasteiger partial charge in [0.2, 0.25) is 0 Å². The van der Waals surface area contributed by atoms with E-state index in [-0.39, 0.29) is 12.0 Å². The first-order chi connectivity index (χ1) is 14.2. The maximum atomic E-state index is 16.4. The Morgan fingerprint density at radius 3 is 1.81 bits per heavy atom. The van der Waals surface area contributed by atoms with Gasteiger partial charge < -0.3 is 14.6 Å². The van der Waals surface area contributed by atoms with Gasteiger partial charge in [0, 0.05) is 12.8 Å². The number of aliphatic hydroxyl groups is 1. The molecule has 1 aromatic carbocycles. The van der Waals surface area contributed by atoms with E-state index >= 15 is 13.2 Å². The molecule has 8 heteroatoms. The molecule has 1 unspecified atom stereocenters. The van der Waals surface area contributed by atoms with Gasteiger partial charge in [0.25, 0.3) is 5.67 Å². The zero-order valence-electron chi connectivity index (χ0n) is 18.9. The zero-order valence-corrected chi connectivity index (χ0v) is 18.9. The van der Waals surface area contributed by atoms with Gasteiger partial charge in [-0.1, -0.05) is 56.5 Å². The summed E-state index contributed by atoms with van der Waals surface area (Å²) in [5.74, 6) is -13.6. The third-order valence-electron chi connectivity index (χ3n) is 4.88. The van der Waals surface area contributed by atoms with Crippen LogP contribution in [-0.2, 0) is 15.9 Å². The van der Waals surface area contributed by atoms with E-state index in [1.54, 1.807) is 6.07 Å². The number of alkyl halides is 5. The van der Waals surface area contributed by atoms with E-state index in [0.29, 0.717) is 12.8 Å². The fourth-order valence-electron chi connectivity index (χ4n) is 3.37. The molecule has 0 fully saturated rings. The molecular formula is C23H35F5O3. The molecule has 0 spiro atoms. The fourth-order valence-corrected chi connectivity index (χ4v) is 3.37. The topological polar surface area (TPSA) is 38.7 Å². The molecule has 0 bridgehead atoms. The summed E-state index contributed by atoms with van der Waals surface area (Å²) < 4.78 is 86.9. The van der Waals surface area contributed by atoms with Gasteiger partial charge >= 0.3 is 17.8 Å². The first-order valence-corrected chi connectivity index (χ1v) is 10.8. The van der Waals surface area contributed by atoms with Crippen LogP contribution in [-0.4, -0.2) is 40.8 Å². The van der Waals surface area contributed by atoms with E-state index in [2.05, 4.69) is 0 Å². The van der Waals surface area contributed by atoms with Gasteiger partial charge in [-0.05, 0) is 39.7 Å². The minimum absolute atomic E-state index is 0.00963. The van der Waals surface area contributed by atoms with Crippen LogP contribution in [0.15, 0.2) is 30.3 Å². The molecular weight excluding hydrogens is 419 g/mol. The minimum atomic E-state index is -5.29. The number of unbranched alkanes of at least 4 members (excludes halogenated alkanes) is 3. The number of benzene rings is 1. The molecule has 1 atom stereocenters. The molecule has 0 aliphatic rings. The standard InChI is InChI=1S/C23H35F5O3/c1-6-7-8-12-15-21(25,26)22(27,28)20(24,16-19-13-10-9-11-14-19)23(29,30-17(2)3)31-18(4)5/h9-11,13-14,17-18,29H,6-8,12,15-16H2,1-5H3. The molecule has 0 aromatic heterocycles. The Kier molecular flexibility index (Phi) is 9.91. The summed E-state index contributed by atoms with van der Waals surface area (Å²) in [6.07, 6.45) is -2.98. The van der Waals surface area contributed by atoms with Crippen LogP contribution >= 0.6 is 0 Å². The van der Waals surface area contributed by atoms with Crippen molar-refractivity contribution >= 4 is 0 Å². The minimum Gasteiger partial charge on any atom is -0.341 e. The average molecular weight is 455 g/mol. The second kappa shape index (κ2) is 11.1. The van der Waals surface area contributed by atoms with Crippen molar-refractivity contribution in [1.29, 1.82) is 0 Å². The van der Waals surface area contributed by atoms with Gasteiger partial charge in [-0.25, -0.2) is 4.39 Å². The first kappa shape index (κ1) is 27.8. The van der Waals surface area contributed by atoms with Gasteiger partial charge in [-0.2, -0.15) is 17.6 Å². The highest BCUT2D eigenvalue weighted by atomic mass is 19.3. The van der Waals surface area contributed by atoms with Crippen LogP contribution in [0.4, 0.5) is 22.0 Å². The fraction of sp³-hybridized carbons (Fsp3) is 0.739. The van der Waals surface area contributed by atoms with E-state index in [9.17, 15) is 13.9 Å². The Balaban J connectivity index is 3.51. The molecule has 0 heterocycles. The molecule has 180 valence electrons. The lowest BCUT2D eigenvalue weighted by atomic mass is 9.82. The van der Waals surface area contributed by atoms with Crippen molar-refractivity contribution in [1.82, 2.24) is 0 Å². The largest absolute Gasteiger partial charge is 0.351 e. The summed E-state index contributed by atoms with van der Waals surface area (Å²) >= 11 is 0. The van der Waals surface area contributed by atoms with Crippen LogP contribution in [0.3, 0.4) is 0 Å². The van der Waals surface area contributed by atoms with Crippen LogP contribution in [0.1, 0.15) is 72.3 Å². The van der Waals surface area contributed by atoms with Crippen LogP contribution in [0.5, 0.6) is 0 Å². The molecule has 1 N–H and O–H groups in total. The van der Waals surface area contributed by atoms with Gasteiger partial charge in [-0.3, -0.25) is 0 Å². The van der Waals surface area contributed by atoms with Crippen LogP contribution in [0, 0.1) is 0 Å². The molecule has 1 rings (SSSR count). The predicted octanol–water partition coefficient (Wildman–Crippen LogP) is 6.67. The molecule has 0 radical (unpaired) electrons. The van der Waals surface area contributed by atoms with E-state index in [4.69, 9.17) is 9.47 Å². The van der Waals surface area contributed by atoms with Crippen LogP contribution < -0.4 is 0 Å². The molecule has 3 nitrogen and oxygen atoms in total. The maximum Gasteiger partial charge on any atom is 0.351 e. The van der Waals surface area contributed by atoms with Crippen molar-refractivity contribution in [3.63, 3.8) is 0 Å². The quantitative estimate of drug-likeness (QED) is 0.194. The van der Waals surface area contributed by atoms with Crippen molar-refractivity contribution in [2.45, 2.75) is 109 Å². The summed E-state index contributed by atoms with van der Waals surface area (Å²) in [6.45, 7) is 7.29. The Hall–Kier alpha value is -1.25. The molecule has 0 saturated carbocycles. The summed E-state index contributed by atoms with van der Waals surface area (Å²) in [4.78, 5) is 0. The molecule has 31 heavy (non-hydrogen) atoms. The van der Waals surface area contributed by atoms with E-state index in [1.165, 1.54) is 52.0 Å². The normalized spacial score (nSPS) is 15.5. The van der Waals surface area contributed by atoms with Gasteiger partial charge in [-0.15, -0.1) is 0 Å². The molecule has 0 amide bonds. The number of hydrogen-bond acceptors (Lipinski definition) is 3. The zero-order chi connectivity index (χ0) is 23.9. The van der Waals surface area contributed by atoms with Gasteiger partial charge in [0.15, 0.2) is 0 Å². The van der Waals surface area contributed by atoms with Crippen molar-refractivity contribution in [3.8, 4) is 0 Å². The molecule has 1 aromatic rings. The van der Waals surface area contributed by atoms with Crippen LogP contribution in [0.25, 0.3) is 0 Å². The summed E-state index contributed by atoms with van der Waals surface area (Å²) in [5.41, 5.74) is -4.28. The Morgan fingerprint density at radius 1 is 0.839 bits per heavy atom. The maximum absolute atomic E-state index is 16.4. The number of ether oxygens (including phenoxy) is 2. The Morgan fingerprint density at radius 2 is 1.35 bits per heavy atom. The second-order valence-corrected chi connectivity index (χ2v) is 8.47. The van der Waals surface area contributed by atoms with E-state index in [1.807, 2.05) is 6.92 Å². The Bertz CT molecular complexity index is 642. The van der Waals surface area contributed by atoms with Crippen LogP contribution in [0.2, 0.25) is 0 Å². The van der Waals surface area contributed by atoms with Crippen molar-refractivity contribution in [2.75, 3.05) is 0 Å². The van der Waals surface area contributed by atoms with Gasteiger partial charge in [0.1, 0.15) is 0 Å². The highest BCUT2D eigenvalue weighted by Gasteiger charge is 2.78. The summed E-state index contributed by atoms with van der Waals surface area (Å²) in [5, 5.41) is 10.9. The smallest absolute Gasteiger partial charge is 0.341 e. The number of halogens is 5.